The van der Waals surface area contributed by atoms with Gasteiger partial charge in [0.05, 0.1) is 36.5 Å². The molecule has 2 aromatic heterocycles. The Bertz CT molecular complexity index is 1160. The summed E-state index contributed by atoms with van der Waals surface area (Å²) in [6.45, 7) is 7.72. The molecule has 0 bridgehead atoms. The molecule has 2 saturated heterocycles. The molecule has 0 spiro atoms. The molecule has 5 rings (SSSR count). The van der Waals surface area contributed by atoms with Gasteiger partial charge < -0.3 is 24.4 Å². The van der Waals surface area contributed by atoms with Gasteiger partial charge in [-0.1, -0.05) is 0 Å². The van der Waals surface area contributed by atoms with Crippen molar-refractivity contribution in [2.45, 2.75) is 25.9 Å². The van der Waals surface area contributed by atoms with Crippen molar-refractivity contribution in [1.29, 1.82) is 0 Å². The SMILES string of the molecule is CC1(C)CN(c2nc(N3CCOCC3)nc(-n3c(C(F)F)nc4ccc(O)cc43)n2)CCO1. The third kappa shape index (κ3) is 4.27. The molecule has 0 saturated carbocycles. The molecular weight excluding hydrogens is 436 g/mol. The number of fused-ring (bicyclic) bond motifs is 1. The largest absolute Gasteiger partial charge is 0.508 e. The first-order valence-corrected chi connectivity index (χ1v) is 10.8. The number of phenolic OH excluding ortho intramolecular Hbond substituents is 1. The normalized spacial score (nSPS) is 18.9. The molecule has 2 aliphatic heterocycles. The number of morpholine rings is 2. The average molecular weight is 461 g/mol. The lowest BCUT2D eigenvalue weighted by Gasteiger charge is -2.38. The number of anilines is 2. The first-order chi connectivity index (χ1) is 15.8. The second-order valence-corrected chi connectivity index (χ2v) is 8.64. The molecule has 0 atom stereocenters. The van der Waals surface area contributed by atoms with E-state index < -0.39 is 17.9 Å². The number of hydrogen-bond donors (Lipinski definition) is 1. The summed E-state index contributed by atoms with van der Waals surface area (Å²) in [7, 11) is 0. The van der Waals surface area contributed by atoms with E-state index in [1.54, 1.807) is 0 Å². The Morgan fingerprint density at radius 2 is 1.61 bits per heavy atom. The summed E-state index contributed by atoms with van der Waals surface area (Å²) in [5, 5.41) is 10.00. The lowest BCUT2D eigenvalue weighted by atomic mass is 10.1. The summed E-state index contributed by atoms with van der Waals surface area (Å²) in [6.07, 6.45) is -2.87. The van der Waals surface area contributed by atoms with E-state index in [4.69, 9.17) is 9.47 Å². The van der Waals surface area contributed by atoms with E-state index in [2.05, 4.69) is 19.9 Å². The van der Waals surface area contributed by atoms with Crippen LogP contribution in [0.5, 0.6) is 5.75 Å². The van der Waals surface area contributed by atoms with Crippen molar-refractivity contribution in [3.05, 3.63) is 24.0 Å². The van der Waals surface area contributed by atoms with E-state index in [0.717, 1.165) is 0 Å². The smallest absolute Gasteiger partial charge is 0.296 e. The summed E-state index contributed by atoms with van der Waals surface area (Å²) in [4.78, 5) is 21.8. The van der Waals surface area contributed by atoms with E-state index in [-0.39, 0.29) is 17.2 Å². The minimum absolute atomic E-state index is 0.0224. The van der Waals surface area contributed by atoms with Crippen molar-refractivity contribution in [3.8, 4) is 11.7 Å². The Morgan fingerprint density at radius 3 is 2.30 bits per heavy atom. The standard InChI is InChI=1S/C21H25F2N7O3/c1-21(2)12-29(7-10-33-21)19-25-18(28-5-8-32-9-6-28)26-20(27-19)30-15-11-13(31)3-4-14(15)24-17(30)16(22)23/h3-4,11,16,31H,5-10,12H2,1-2H3. The number of alkyl halides is 2. The molecule has 2 aliphatic rings. The molecule has 1 N–H and O–H groups in total. The van der Waals surface area contributed by atoms with Crippen LogP contribution in [0.3, 0.4) is 0 Å². The fraction of sp³-hybridized carbons (Fsp3) is 0.524. The van der Waals surface area contributed by atoms with Crippen LogP contribution in [0.15, 0.2) is 18.2 Å². The van der Waals surface area contributed by atoms with Crippen molar-refractivity contribution >= 4 is 22.9 Å². The molecule has 3 aromatic rings. The molecule has 0 aliphatic carbocycles. The summed E-state index contributed by atoms with van der Waals surface area (Å²) in [5.41, 5.74) is 0.189. The third-order valence-electron chi connectivity index (χ3n) is 5.66. The molecule has 33 heavy (non-hydrogen) atoms. The molecule has 2 fully saturated rings. The lowest BCUT2D eigenvalue weighted by Crippen LogP contribution is -2.49. The second-order valence-electron chi connectivity index (χ2n) is 8.64. The number of aromatic nitrogens is 5. The van der Waals surface area contributed by atoms with Crippen molar-refractivity contribution < 1.29 is 23.4 Å². The quantitative estimate of drug-likeness (QED) is 0.627. The van der Waals surface area contributed by atoms with E-state index in [0.29, 0.717) is 63.4 Å². The predicted molar refractivity (Wildman–Crippen MR) is 116 cm³/mol. The minimum atomic E-state index is -2.87. The second kappa shape index (κ2) is 8.34. The molecule has 4 heterocycles. The third-order valence-corrected chi connectivity index (χ3v) is 5.66. The zero-order chi connectivity index (χ0) is 23.2. The molecule has 1 aromatic carbocycles. The van der Waals surface area contributed by atoms with Gasteiger partial charge in [0.1, 0.15) is 5.75 Å². The highest BCUT2D eigenvalue weighted by Gasteiger charge is 2.31. The van der Waals surface area contributed by atoms with E-state index in [9.17, 15) is 13.9 Å². The molecule has 0 radical (unpaired) electrons. The van der Waals surface area contributed by atoms with Crippen LogP contribution in [0, 0.1) is 0 Å². The van der Waals surface area contributed by atoms with Gasteiger partial charge in [0.15, 0.2) is 5.82 Å². The van der Waals surface area contributed by atoms with Crippen LogP contribution >= 0.6 is 0 Å². The number of ether oxygens (including phenoxy) is 2. The highest BCUT2D eigenvalue weighted by atomic mass is 19.3. The summed E-state index contributed by atoms with van der Waals surface area (Å²) in [5.74, 6) is 0.212. The number of benzene rings is 1. The summed E-state index contributed by atoms with van der Waals surface area (Å²) >= 11 is 0. The van der Waals surface area contributed by atoms with Gasteiger partial charge in [0.2, 0.25) is 17.8 Å². The number of rotatable bonds is 4. The van der Waals surface area contributed by atoms with Crippen molar-refractivity contribution in [2.24, 2.45) is 0 Å². The number of nitrogens with zero attached hydrogens (tertiary/aromatic N) is 7. The Kier molecular flexibility index (Phi) is 5.49. The number of halogens is 2. The van der Waals surface area contributed by atoms with Crippen LogP contribution in [0.1, 0.15) is 26.1 Å². The van der Waals surface area contributed by atoms with E-state index in [1.807, 2.05) is 23.6 Å². The van der Waals surface area contributed by atoms with Crippen molar-refractivity contribution in [2.75, 3.05) is 55.8 Å². The van der Waals surface area contributed by atoms with Crippen molar-refractivity contribution in [1.82, 2.24) is 24.5 Å². The van der Waals surface area contributed by atoms with Gasteiger partial charge in [0, 0.05) is 32.2 Å². The molecular formula is C21H25F2N7O3. The number of phenols is 1. The number of hydrogen-bond acceptors (Lipinski definition) is 9. The fourth-order valence-electron chi connectivity index (χ4n) is 4.12. The van der Waals surface area contributed by atoms with Gasteiger partial charge in [-0.25, -0.2) is 13.8 Å². The first kappa shape index (κ1) is 21.7. The van der Waals surface area contributed by atoms with Gasteiger partial charge in [-0.2, -0.15) is 15.0 Å². The molecule has 12 heteroatoms. The number of aromatic hydroxyl groups is 1. The Morgan fingerprint density at radius 1 is 0.939 bits per heavy atom. The molecule has 10 nitrogen and oxygen atoms in total. The average Bonchev–Trinajstić information content (AvgIpc) is 3.18. The van der Waals surface area contributed by atoms with Crippen LogP contribution in [0.4, 0.5) is 20.7 Å². The van der Waals surface area contributed by atoms with E-state index in [1.165, 1.54) is 22.8 Å². The predicted octanol–water partition coefficient (Wildman–Crippen LogP) is 2.31. The van der Waals surface area contributed by atoms with Crippen molar-refractivity contribution in [3.63, 3.8) is 0 Å². The molecule has 0 amide bonds. The van der Waals surface area contributed by atoms with Crippen LogP contribution in [-0.4, -0.2) is 81.2 Å². The van der Waals surface area contributed by atoms with Crippen LogP contribution in [0.2, 0.25) is 0 Å². The van der Waals surface area contributed by atoms with E-state index >= 15 is 0 Å². The summed E-state index contributed by atoms with van der Waals surface area (Å²) < 4.78 is 40.4. The monoisotopic (exact) mass is 461 g/mol. The maximum Gasteiger partial charge on any atom is 0.296 e. The topological polar surface area (TPSA) is 102 Å². The Hall–Kier alpha value is -3.12. The maximum atomic E-state index is 14.0. The first-order valence-electron chi connectivity index (χ1n) is 10.8. The minimum Gasteiger partial charge on any atom is -0.508 e. The van der Waals surface area contributed by atoms with Crippen LogP contribution in [0.25, 0.3) is 17.0 Å². The molecule has 0 unspecified atom stereocenters. The van der Waals surface area contributed by atoms with Crippen LogP contribution in [-0.2, 0) is 9.47 Å². The van der Waals surface area contributed by atoms with Gasteiger partial charge in [-0.15, -0.1) is 0 Å². The molecule has 176 valence electrons. The number of imidazole rings is 1. The fourth-order valence-corrected chi connectivity index (χ4v) is 4.12. The van der Waals surface area contributed by atoms with Gasteiger partial charge in [0.25, 0.3) is 6.43 Å². The maximum absolute atomic E-state index is 14.0. The van der Waals surface area contributed by atoms with Crippen LogP contribution < -0.4 is 9.80 Å². The highest BCUT2D eigenvalue weighted by Crippen LogP contribution is 2.30. The zero-order valence-corrected chi connectivity index (χ0v) is 18.4. The van der Waals surface area contributed by atoms with Gasteiger partial charge in [-0.3, -0.25) is 4.57 Å². The Labute approximate surface area is 188 Å². The highest BCUT2D eigenvalue weighted by molar-refractivity contribution is 5.79. The zero-order valence-electron chi connectivity index (χ0n) is 18.4. The lowest BCUT2D eigenvalue weighted by molar-refractivity contribution is -0.0281. The Balaban J connectivity index is 1.68. The van der Waals surface area contributed by atoms with Gasteiger partial charge >= 0.3 is 0 Å². The summed E-state index contributed by atoms with van der Waals surface area (Å²) in [6, 6.07) is 4.27. The van der Waals surface area contributed by atoms with Gasteiger partial charge in [-0.05, 0) is 26.0 Å².